The Morgan fingerprint density at radius 2 is 2.00 bits per heavy atom. The number of carbonyl (C=O) groups excluding carboxylic acids is 2. The molecule has 0 N–H and O–H groups in total. The minimum atomic E-state index is -0.204. The Morgan fingerprint density at radius 3 is 2.64 bits per heavy atom. The molecule has 0 spiro atoms. The van der Waals surface area contributed by atoms with Gasteiger partial charge >= 0.3 is 6.03 Å². The minimum Gasteiger partial charge on any atom is -0.331 e. The molecule has 3 rings (SSSR count). The molecular weight excluding hydrogens is 394 g/mol. The summed E-state index contributed by atoms with van der Waals surface area (Å²) < 4.78 is 0. The summed E-state index contributed by atoms with van der Waals surface area (Å²) in [7, 11) is 3.36. The van der Waals surface area contributed by atoms with Crippen molar-refractivity contribution in [3.8, 4) is 0 Å². The lowest BCUT2D eigenvalue weighted by molar-refractivity contribution is -0.133. The van der Waals surface area contributed by atoms with Crippen LogP contribution in [0.5, 0.6) is 0 Å². The van der Waals surface area contributed by atoms with Crippen molar-refractivity contribution in [1.29, 1.82) is 0 Å². The lowest BCUT2D eigenvalue weighted by Gasteiger charge is -2.37. The lowest BCUT2D eigenvalue weighted by atomic mass is 9.93. The summed E-state index contributed by atoms with van der Waals surface area (Å²) in [4.78, 5) is 31.8. The second-order valence-corrected chi connectivity index (χ2v) is 8.37. The average molecular weight is 418 g/mol. The van der Waals surface area contributed by atoms with E-state index in [1.54, 1.807) is 31.5 Å². The largest absolute Gasteiger partial charge is 0.331 e. The van der Waals surface area contributed by atoms with Crippen LogP contribution in [0.3, 0.4) is 0 Å². The van der Waals surface area contributed by atoms with Gasteiger partial charge in [-0.25, -0.2) is 4.79 Å². The summed E-state index contributed by atoms with van der Waals surface area (Å²) >= 11 is 7.78. The number of benzene rings is 1. The van der Waals surface area contributed by atoms with Gasteiger partial charge in [-0.15, -0.1) is 17.9 Å². The Balaban J connectivity index is 1.90. The van der Waals surface area contributed by atoms with Gasteiger partial charge in [-0.05, 0) is 41.1 Å². The quantitative estimate of drug-likeness (QED) is 0.689. The predicted molar refractivity (Wildman–Crippen MR) is 114 cm³/mol. The molecule has 3 amide bonds. The van der Waals surface area contributed by atoms with E-state index in [0.29, 0.717) is 18.1 Å². The molecule has 7 heteroatoms. The van der Waals surface area contributed by atoms with E-state index in [9.17, 15) is 9.59 Å². The molecule has 0 saturated carbocycles. The molecule has 0 radical (unpaired) electrons. The number of thiophene rings is 1. The van der Waals surface area contributed by atoms with Crippen LogP contribution < -0.4 is 0 Å². The van der Waals surface area contributed by atoms with E-state index < -0.39 is 0 Å². The second-order valence-electron chi connectivity index (χ2n) is 6.94. The molecule has 1 aliphatic heterocycles. The van der Waals surface area contributed by atoms with Crippen LogP contribution in [0.1, 0.15) is 22.0 Å². The average Bonchev–Trinajstić information content (AvgIpc) is 3.15. The number of rotatable bonds is 5. The summed E-state index contributed by atoms with van der Waals surface area (Å²) in [5, 5.41) is 2.73. The maximum Gasteiger partial charge on any atom is 0.320 e. The molecule has 1 aromatic heterocycles. The Labute approximate surface area is 174 Å². The van der Waals surface area contributed by atoms with Crippen molar-refractivity contribution in [3.63, 3.8) is 0 Å². The van der Waals surface area contributed by atoms with E-state index in [1.807, 2.05) is 29.2 Å². The van der Waals surface area contributed by atoms with Gasteiger partial charge in [-0.2, -0.15) is 0 Å². The topological polar surface area (TPSA) is 43.9 Å². The fraction of sp³-hybridized carbons (Fsp3) is 0.333. The van der Waals surface area contributed by atoms with Crippen molar-refractivity contribution in [2.45, 2.75) is 12.5 Å². The summed E-state index contributed by atoms with van der Waals surface area (Å²) in [6, 6.07) is 9.34. The van der Waals surface area contributed by atoms with E-state index in [-0.39, 0.29) is 24.5 Å². The highest BCUT2D eigenvalue weighted by molar-refractivity contribution is 7.10. The first-order chi connectivity index (χ1) is 13.4. The van der Waals surface area contributed by atoms with Crippen molar-refractivity contribution < 1.29 is 9.59 Å². The van der Waals surface area contributed by atoms with E-state index in [2.05, 4.69) is 18.0 Å². The van der Waals surface area contributed by atoms with Gasteiger partial charge in [0, 0.05) is 37.1 Å². The maximum atomic E-state index is 13.2. The van der Waals surface area contributed by atoms with E-state index in [4.69, 9.17) is 11.6 Å². The molecular formula is C21H24ClN3O2S. The molecule has 1 aliphatic rings. The molecule has 2 aromatic rings. The number of carbonyl (C=O) groups is 2. The van der Waals surface area contributed by atoms with Crippen molar-refractivity contribution in [1.82, 2.24) is 14.7 Å². The molecule has 2 heterocycles. The van der Waals surface area contributed by atoms with E-state index in [0.717, 1.165) is 17.5 Å². The van der Waals surface area contributed by atoms with Crippen molar-refractivity contribution in [2.75, 3.05) is 33.7 Å². The molecule has 1 unspecified atom stereocenters. The Hall–Kier alpha value is -2.31. The smallest absolute Gasteiger partial charge is 0.320 e. The first kappa shape index (κ1) is 20.4. The predicted octanol–water partition coefficient (Wildman–Crippen LogP) is 4.05. The van der Waals surface area contributed by atoms with Crippen molar-refractivity contribution in [3.05, 3.63) is 69.4 Å². The van der Waals surface area contributed by atoms with Crippen LogP contribution in [0.2, 0.25) is 5.02 Å². The normalized spacial score (nSPS) is 15.7. The number of urea groups is 1. The lowest BCUT2D eigenvalue weighted by Crippen LogP contribution is -2.48. The number of amides is 3. The zero-order chi connectivity index (χ0) is 20.3. The fourth-order valence-electron chi connectivity index (χ4n) is 3.49. The van der Waals surface area contributed by atoms with Gasteiger partial charge in [-0.1, -0.05) is 29.8 Å². The zero-order valence-corrected chi connectivity index (χ0v) is 17.7. The van der Waals surface area contributed by atoms with Crippen LogP contribution in [-0.2, 0) is 11.2 Å². The Morgan fingerprint density at radius 1 is 1.29 bits per heavy atom. The first-order valence-electron chi connectivity index (χ1n) is 9.10. The van der Waals surface area contributed by atoms with Crippen LogP contribution in [0.4, 0.5) is 4.79 Å². The molecule has 0 aliphatic carbocycles. The van der Waals surface area contributed by atoms with Gasteiger partial charge in [0.2, 0.25) is 5.91 Å². The monoisotopic (exact) mass is 417 g/mol. The molecule has 1 atom stereocenters. The molecule has 5 nitrogen and oxygen atoms in total. The summed E-state index contributed by atoms with van der Waals surface area (Å²) in [6.07, 6.45) is 2.46. The highest BCUT2D eigenvalue weighted by Crippen LogP contribution is 2.38. The van der Waals surface area contributed by atoms with E-state index in [1.165, 1.54) is 14.7 Å². The third-order valence-electron chi connectivity index (χ3n) is 4.80. The Bertz CT molecular complexity index is 863. The standard InChI is InChI=1S/C21H24ClN3O2S/c1-4-11-24(21(27)23(2)3)14-19(26)25-12-9-18-17(10-13-28-18)20(25)15-5-7-16(22)8-6-15/h4-8,10,13,20H,1,9,11-12,14H2,2-3H3. The highest BCUT2D eigenvalue weighted by atomic mass is 35.5. The molecule has 0 fully saturated rings. The SMILES string of the molecule is C=CCN(CC(=O)N1CCc2sccc2C1c1ccc(Cl)cc1)C(=O)N(C)C. The molecule has 1 aromatic carbocycles. The van der Waals surface area contributed by atoms with Gasteiger partial charge in [0.15, 0.2) is 0 Å². The minimum absolute atomic E-state index is 0.0204. The van der Waals surface area contributed by atoms with E-state index >= 15 is 0 Å². The number of hydrogen-bond acceptors (Lipinski definition) is 3. The van der Waals surface area contributed by atoms with Gasteiger partial charge < -0.3 is 14.7 Å². The molecule has 0 saturated heterocycles. The summed E-state index contributed by atoms with van der Waals surface area (Å²) in [6.45, 7) is 4.68. The summed E-state index contributed by atoms with van der Waals surface area (Å²) in [5.74, 6) is -0.0751. The number of hydrogen-bond donors (Lipinski definition) is 0. The van der Waals surface area contributed by atoms with Crippen LogP contribution in [0, 0.1) is 0 Å². The molecule has 28 heavy (non-hydrogen) atoms. The third kappa shape index (κ3) is 4.23. The Kier molecular flexibility index (Phi) is 6.42. The maximum absolute atomic E-state index is 13.2. The van der Waals surface area contributed by atoms with Crippen LogP contribution in [0.15, 0.2) is 48.4 Å². The fourth-order valence-corrected chi connectivity index (χ4v) is 4.52. The number of nitrogens with zero attached hydrogens (tertiary/aromatic N) is 3. The van der Waals surface area contributed by atoms with Crippen LogP contribution in [0.25, 0.3) is 0 Å². The van der Waals surface area contributed by atoms with Gasteiger partial charge in [0.1, 0.15) is 6.54 Å². The summed E-state index contributed by atoms with van der Waals surface area (Å²) in [5.41, 5.74) is 2.17. The molecule has 0 bridgehead atoms. The van der Waals surface area contributed by atoms with Gasteiger partial charge in [0.25, 0.3) is 0 Å². The zero-order valence-electron chi connectivity index (χ0n) is 16.1. The van der Waals surface area contributed by atoms with Gasteiger partial charge in [-0.3, -0.25) is 4.79 Å². The van der Waals surface area contributed by atoms with Crippen molar-refractivity contribution in [2.24, 2.45) is 0 Å². The second kappa shape index (κ2) is 8.80. The van der Waals surface area contributed by atoms with Gasteiger partial charge in [0.05, 0.1) is 6.04 Å². The highest BCUT2D eigenvalue weighted by Gasteiger charge is 2.34. The third-order valence-corrected chi connectivity index (χ3v) is 6.05. The number of fused-ring (bicyclic) bond motifs is 1. The molecule has 148 valence electrons. The number of halogens is 1. The van der Waals surface area contributed by atoms with Crippen LogP contribution in [-0.4, -0.2) is 60.4 Å². The van der Waals surface area contributed by atoms with Crippen molar-refractivity contribution >= 4 is 34.9 Å². The first-order valence-corrected chi connectivity index (χ1v) is 10.4. The van der Waals surface area contributed by atoms with Crippen LogP contribution >= 0.6 is 22.9 Å².